The Morgan fingerprint density at radius 1 is 1.53 bits per heavy atom. The molecule has 0 aromatic carbocycles. The Bertz CT molecular complexity index is 387. The number of hydrazine groups is 1. The first kappa shape index (κ1) is 12.4. The molecule has 0 bridgehead atoms. The molecule has 1 aromatic heterocycles. The van der Waals surface area contributed by atoms with Crippen LogP contribution in [0.25, 0.3) is 0 Å². The van der Waals surface area contributed by atoms with E-state index in [1.54, 1.807) is 5.38 Å². The minimum absolute atomic E-state index is 0.153. The van der Waals surface area contributed by atoms with Crippen molar-refractivity contribution in [2.24, 2.45) is 0 Å². The Balaban J connectivity index is 1.79. The van der Waals surface area contributed by atoms with Crippen LogP contribution < -0.4 is 5.43 Å². The van der Waals surface area contributed by atoms with Crippen LogP contribution in [-0.2, 0) is 6.54 Å². The zero-order valence-corrected chi connectivity index (χ0v) is 10.5. The summed E-state index contributed by atoms with van der Waals surface area (Å²) >= 11 is 1.17. The van der Waals surface area contributed by atoms with Crippen LogP contribution in [0, 0.1) is 0 Å². The SMILES string of the molecule is CN1CCN(NCc2csc(C(=O)O)n2)CC1. The third-order valence-corrected chi connectivity index (χ3v) is 3.60. The number of aromatic nitrogens is 1. The quantitative estimate of drug-likeness (QED) is 0.796. The highest BCUT2D eigenvalue weighted by Crippen LogP contribution is 2.09. The van der Waals surface area contributed by atoms with Crippen LogP contribution >= 0.6 is 11.3 Å². The highest BCUT2D eigenvalue weighted by Gasteiger charge is 2.14. The number of aromatic carboxylic acids is 1. The topological polar surface area (TPSA) is 68.7 Å². The molecule has 0 amide bonds. The largest absolute Gasteiger partial charge is 0.476 e. The van der Waals surface area contributed by atoms with Crippen molar-refractivity contribution < 1.29 is 9.90 Å². The number of carbonyl (C=O) groups is 1. The van der Waals surface area contributed by atoms with Crippen molar-refractivity contribution >= 4 is 17.3 Å². The second kappa shape index (κ2) is 5.54. The second-order valence-electron chi connectivity index (χ2n) is 4.07. The highest BCUT2D eigenvalue weighted by atomic mass is 32.1. The van der Waals surface area contributed by atoms with Crippen molar-refractivity contribution in [2.45, 2.75) is 6.54 Å². The molecule has 0 aliphatic carbocycles. The summed E-state index contributed by atoms with van der Waals surface area (Å²) in [6.45, 7) is 4.64. The number of thiazole rings is 1. The van der Waals surface area contributed by atoms with Gasteiger partial charge >= 0.3 is 5.97 Å². The fourth-order valence-electron chi connectivity index (χ4n) is 1.64. The first-order chi connectivity index (χ1) is 8.15. The van der Waals surface area contributed by atoms with E-state index in [9.17, 15) is 4.79 Å². The summed E-state index contributed by atoms with van der Waals surface area (Å²) in [4.78, 5) is 17.0. The molecule has 0 spiro atoms. The number of nitrogens with one attached hydrogen (secondary N) is 1. The fourth-order valence-corrected chi connectivity index (χ4v) is 2.30. The van der Waals surface area contributed by atoms with Crippen molar-refractivity contribution in [3.05, 3.63) is 16.1 Å². The van der Waals surface area contributed by atoms with Crippen LogP contribution in [0.5, 0.6) is 0 Å². The highest BCUT2D eigenvalue weighted by molar-refractivity contribution is 7.11. The molecule has 7 heteroatoms. The van der Waals surface area contributed by atoms with Crippen molar-refractivity contribution in [3.63, 3.8) is 0 Å². The van der Waals surface area contributed by atoms with E-state index in [1.807, 2.05) is 0 Å². The van der Waals surface area contributed by atoms with Crippen LogP contribution in [0.4, 0.5) is 0 Å². The number of carboxylic acids is 1. The van der Waals surface area contributed by atoms with Gasteiger partial charge in [0, 0.05) is 31.6 Å². The van der Waals surface area contributed by atoms with Crippen molar-refractivity contribution in [1.82, 2.24) is 20.3 Å². The van der Waals surface area contributed by atoms with Gasteiger partial charge in [0.2, 0.25) is 5.01 Å². The molecule has 2 N–H and O–H groups in total. The average molecular weight is 256 g/mol. The van der Waals surface area contributed by atoms with E-state index < -0.39 is 5.97 Å². The van der Waals surface area contributed by atoms with E-state index in [4.69, 9.17) is 5.11 Å². The monoisotopic (exact) mass is 256 g/mol. The molecule has 94 valence electrons. The first-order valence-corrected chi connectivity index (χ1v) is 6.38. The van der Waals surface area contributed by atoms with Gasteiger partial charge in [0.25, 0.3) is 0 Å². The maximum absolute atomic E-state index is 10.7. The van der Waals surface area contributed by atoms with Crippen molar-refractivity contribution in [2.75, 3.05) is 33.2 Å². The number of piperazine rings is 1. The number of likely N-dealkylation sites (N-methyl/N-ethyl adjacent to an activating group) is 1. The normalized spacial score (nSPS) is 18.4. The van der Waals surface area contributed by atoms with Crippen molar-refractivity contribution in [1.29, 1.82) is 0 Å². The van der Waals surface area contributed by atoms with Gasteiger partial charge < -0.3 is 10.0 Å². The van der Waals surface area contributed by atoms with E-state index in [1.165, 1.54) is 11.3 Å². The second-order valence-corrected chi connectivity index (χ2v) is 4.93. The van der Waals surface area contributed by atoms with E-state index >= 15 is 0 Å². The minimum atomic E-state index is -0.958. The maximum atomic E-state index is 10.7. The summed E-state index contributed by atoms with van der Waals surface area (Å²) < 4.78 is 0. The molecule has 0 radical (unpaired) electrons. The first-order valence-electron chi connectivity index (χ1n) is 5.50. The Morgan fingerprint density at radius 2 is 2.24 bits per heavy atom. The summed E-state index contributed by atoms with van der Waals surface area (Å²) in [5, 5.41) is 12.8. The van der Waals surface area contributed by atoms with Crippen molar-refractivity contribution in [3.8, 4) is 0 Å². The van der Waals surface area contributed by atoms with Crippen LogP contribution in [0.3, 0.4) is 0 Å². The summed E-state index contributed by atoms with van der Waals surface area (Å²) in [6.07, 6.45) is 0. The number of carboxylic acid groups (broad SMARTS) is 1. The van der Waals surface area contributed by atoms with E-state index in [2.05, 4.69) is 27.4 Å². The molecule has 2 heterocycles. The lowest BCUT2D eigenvalue weighted by atomic mass is 10.4. The van der Waals surface area contributed by atoms with Gasteiger partial charge in [-0.2, -0.15) is 0 Å². The van der Waals surface area contributed by atoms with E-state index in [0.717, 1.165) is 31.9 Å². The Kier molecular flexibility index (Phi) is 4.06. The molecular formula is C10H16N4O2S. The third kappa shape index (κ3) is 3.47. The molecule has 1 aliphatic rings. The Hall–Kier alpha value is -1.02. The number of nitrogens with zero attached hydrogens (tertiary/aromatic N) is 3. The molecule has 1 aromatic rings. The van der Waals surface area contributed by atoms with Crippen LogP contribution in [-0.4, -0.2) is 59.2 Å². The van der Waals surface area contributed by atoms with Gasteiger partial charge in [-0.15, -0.1) is 11.3 Å². The van der Waals surface area contributed by atoms with Gasteiger partial charge in [-0.05, 0) is 7.05 Å². The Labute approximate surface area is 104 Å². The van der Waals surface area contributed by atoms with Crippen LogP contribution in [0.1, 0.15) is 15.5 Å². The smallest absolute Gasteiger partial charge is 0.365 e. The molecule has 0 unspecified atom stereocenters. The van der Waals surface area contributed by atoms with Gasteiger partial charge in [0.1, 0.15) is 0 Å². The Morgan fingerprint density at radius 3 is 2.82 bits per heavy atom. The predicted molar refractivity (Wildman–Crippen MR) is 65.0 cm³/mol. The van der Waals surface area contributed by atoms with E-state index in [-0.39, 0.29) is 5.01 Å². The van der Waals surface area contributed by atoms with Gasteiger partial charge in [-0.25, -0.2) is 20.2 Å². The summed E-state index contributed by atoms with van der Waals surface area (Å²) in [5.74, 6) is -0.958. The molecule has 1 fully saturated rings. The standard InChI is InChI=1S/C10H16N4O2S/c1-13-2-4-14(5-3-13)11-6-8-7-17-9(12-8)10(15)16/h7,11H,2-6H2,1H3,(H,15,16). The van der Waals surface area contributed by atoms with Gasteiger partial charge in [-0.3, -0.25) is 0 Å². The lowest BCUT2D eigenvalue weighted by Gasteiger charge is -2.32. The van der Waals surface area contributed by atoms with Crippen LogP contribution in [0.2, 0.25) is 0 Å². The fraction of sp³-hybridized carbons (Fsp3) is 0.600. The molecule has 1 aliphatic heterocycles. The van der Waals surface area contributed by atoms with E-state index in [0.29, 0.717) is 6.54 Å². The minimum Gasteiger partial charge on any atom is -0.476 e. The molecule has 6 nitrogen and oxygen atoms in total. The molecular weight excluding hydrogens is 240 g/mol. The average Bonchev–Trinajstić information content (AvgIpc) is 2.77. The number of hydrogen-bond donors (Lipinski definition) is 2. The summed E-state index contributed by atoms with van der Waals surface area (Å²) in [5.41, 5.74) is 4.05. The maximum Gasteiger partial charge on any atom is 0.365 e. The number of rotatable bonds is 4. The lowest BCUT2D eigenvalue weighted by Crippen LogP contribution is -2.50. The summed E-state index contributed by atoms with van der Waals surface area (Å²) in [7, 11) is 2.11. The molecule has 2 rings (SSSR count). The summed E-state index contributed by atoms with van der Waals surface area (Å²) in [6, 6.07) is 0. The molecule has 0 atom stereocenters. The number of hydrogen-bond acceptors (Lipinski definition) is 6. The zero-order chi connectivity index (χ0) is 12.3. The predicted octanol–water partition coefficient (Wildman–Crippen LogP) is 0.0933. The molecule has 1 saturated heterocycles. The molecule has 0 saturated carbocycles. The molecule has 17 heavy (non-hydrogen) atoms. The van der Waals surface area contributed by atoms with Gasteiger partial charge in [0.05, 0.1) is 12.2 Å². The third-order valence-electron chi connectivity index (χ3n) is 2.72. The van der Waals surface area contributed by atoms with Gasteiger partial charge in [-0.1, -0.05) is 0 Å². The van der Waals surface area contributed by atoms with Gasteiger partial charge in [0.15, 0.2) is 0 Å². The van der Waals surface area contributed by atoms with Crippen LogP contribution in [0.15, 0.2) is 5.38 Å². The lowest BCUT2D eigenvalue weighted by molar-refractivity contribution is 0.0696. The zero-order valence-electron chi connectivity index (χ0n) is 9.72.